The Morgan fingerprint density at radius 1 is 1.03 bits per heavy atom. The molecule has 0 radical (unpaired) electrons. The topological polar surface area (TPSA) is 138 Å². The highest BCUT2D eigenvalue weighted by Crippen LogP contribution is 2.22. The van der Waals surface area contributed by atoms with E-state index in [9.17, 15) is 14.4 Å². The zero-order chi connectivity index (χ0) is 24.1. The second-order valence-corrected chi connectivity index (χ2v) is 7.22. The highest BCUT2D eigenvalue weighted by atomic mass is 35.5. The molecule has 0 unspecified atom stereocenters. The molecule has 0 fully saturated rings. The second-order valence-electron chi connectivity index (χ2n) is 6.78. The molecular weight excluding hydrogens is 466 g/mol. The lowest BCUT2D eigenvalue weighted by Gasteiger charge is -2.15. The molecular formula is C22H16ClN5O6. The Morgan fingerprint density at radius 3 is 2.41 bits per heavy atom. The van der Waals surface area contributed by atoms with Crippen LogP contribution >= 0.6 is 11.6 Å². The summed E-state index contributed by atoms with van der Waals surface area (Å²) >= 11 is 5.91. The van der Waals surface area contributed by atoms with Gasteiger partial charge in [-0.05, 0) is 48.0 Å². The number of nitrogens with zero attached hydrogens (tertiary/aromatic N) is 4. The second kappa shape index (κ2) is 9.88. The highest BCUT2D eigenvalue weighted by molar-refractivity contribution is 6.30. The van der Waals surface area contributed by atoms with Crippen molar-refractivity contribution in [2.24, 2.45) is 0 Å². The molecule has 0 aliphatic rings. The molecule has 4 rings (SSSR count). The highest BCUT2D eigenvalue weighted by Gasteiger charge is 2.17. The molecule has 34 heavy (non-hydrogen) atoms. The predicted octanol–water partition coefficient (Wildman–Crippen LogP) is 3.14. The number of benzene rings is 2. The average molecular weight is 482 g/mol. The molecule has 4 aromatic rings. The first-order chi connectivity index (χ1) is 16.4. The van der Waals surface area contributed by atoms with Gasteiger partial charge in [0.25, 0.3) is 0 Å². The van der Waals surface area contributed by atoms with E-state index in [2.05, 4.69) is 20.1 Å². The summed E-state index contributed by atoms with van der Waals surface area (Å²) in [6, 6.07) is 18.5. The van der Waals surface area contributed by atoms with Crippen molar-refractivity contribution in [3.63, 3.8) is 0 Å². The van der Waals surface area contributed by atoms with E-state index in [0.29, 0.717) is 27.9 Å². The lowest BCUT2D eigenvalue weighted by Crippen LogP contribution is -2.47. The Bertz CT molecular complexity index is 1420. The Morgan fingerprint density at radius 2 is 1.76 bits per heavy atom. The van der Waals surface area contributed by atoms with Crippen molar-refractivity contribution in [1.29, 1.82) is 0 Å². The van der Waals surface area contributed by atoms with E-state index in [4.69, 9.17) is 21.4 Å². The minimum Gasteiger partial charge on any atom is -0.448 e. The lowest BCUT2D eigenvalue weighted by molar-refractivity contribution is 0.0693. The van der Waals surface area contributed by atoms with Crippen molar-refractivity contribution in [3.05, 3.63) is 104 Å². The molecule has 0 aliphatic heterocycles. The van der Waals surface area contributed by atoms with Crippen LogP contribution in [-0.2, 0) is 6.54 Å². The summed E-state index contributed by atoms with van der Waals surface area (Å²) in [6.07, 6.45) is -0.226. The fraction of sp³-hybridized carbons (Fsp3) is 0.0455. The minimum absolute atomic E-state index is 0.0462. The van der Waals surface area contributed by atoms with Crippen LogP contribution in [-0.4, -0.2) is 30.5 Å². The number of hydrogen-bond acceptors (Lipinski definition) is 8. The van der Waals surface area contributed by atoms with Gasteiger partial charge in [-0.1, -0.05) is 34.5 Å². The fourth-order valence-corrected chi connectivity index (χ4v) is 3.03. The molecule has 2 heterocycles. The van der Waals surface area contributed by atoms with Gasteiger partial charge in [-0.3, -0.25) is 9.40 Å². The first kappa shape index (κ1) is 22.6. The Kier molecular flexibility index (Phi) is 6.55. The number of halogens is 1. The van der Waals surface area contributed by atoms with Gasteiger partial charge in [0.1, 0.15) is 5.75 Å². The average Bonchev–Trinajstić information content (AvgIpc) is 2.82. The zero-order valence-electron chi connectivity index (χ0n) is 17.3. The molecule has 0 atom stereocenters. The molecule has 2 aromatic carbocycles. The first-order valence-electron chi connectivity index (χ1n) is 9.74. The molecule has 0 amide bonds. The first-order valence-corrected chi connectivity index (χ1v) is 10.1. The zero-order valence-corrected chi connectivity index (χ0v) is 18.0. The van der Waals surface area contributed by atoms with E-state index in [-0.39, 0.29) is 17.2 Å². The van der Waals surface area contributed by atoms with Gasteiger partial charge in [-0.15, -0.1) is 0 Å². The van der Waals surface area contributed by atoms with Gasteiger partial charge in [0, 0.05) is 23.0 Å². The number of aromatic nitrogens is 4. The summed E-state index contributed by atoms with van der Waals surface area (Å²) in [5, 5.41) is 12.3. The van der Waals surface area contributed by atoms with Gasteiger partial charge in [-0.25, -0.2) is 19.4 Å². The monoisotopic (exact) mass is 481 g/mol. The fourth-order valence-electron chi connectivity index (χ4n) is 2.91. The SMILES string of the molecule is O=C(O)On1c(=O)nc(Nc2ccc(Oc3ccccn3)cc2)n(Cc2ccc(Cl)cc2)c1=O. The van der Waals surface area contributed by atoms with Crippen molar-refractivity contribution in [1.82, 2.24) is 19.3 Å². The van der Waals surface area contributed by atoms with E-state index in [1.165, 1.54) is 0 Å². The quantitative estimate of drug-likeness (QED) is 0.407. The van der Waals surface area contributed by atoms with Crippen LogP contribution in [0.5, 0.6) is 11.6 Å². The largest absolute Gasteiger partial charge is 0.531 e. The third-order valence-corrected chi connectivity index (χ3v) is 4.68. The Balaban J connectivity index is 1.65. The Hall–Kier alpha value is -4.64. The number of anilines is 2. The van der Waals surface area contributed by atoms with Crippen molar-refractivity contribution < 1.29 is 19.5 Å². The van der Waals surface area contributed by atoms with Crippen LogP contribution in [0.4, 0.5) is 16.4 Å². The summed E-state index contributed by atoms with van der Waals surface area (Å²) in [7, 11) is 0. The maximum atomic E-state index is 12.9. The lowest BCUT2D eigenvalue weighted by atomic mass is 10.2. The molecule has 2 N–H and O–H groups in total. The molecule has 0 spiro atoms. The third-order valence-electron chi connectivity index (χ3n) is 4.43. The number of pyridine rings is 1. The molecule has 0 aliphatic carbocycles. The predicted molar refractivity (Wildman–Crippen MR) is 122 cm³/mol. The number of carbonyl (C=O) groups is 1. The van der Waals surface area contributed by atoms with Crippen molar-refractivity contribution in [2.45, 2.75) is 6.54 Å². The van der Waals surface area contributed by atoms with E-state index in [0.717, 1.165) is 4.57 Å². The van der Waals surface area contributed by atoms with Crippen molar-refractivity contribution >= 4 is 29.4 Å². The number of rotatable bonds is 7. The van der Waals surface area contributed by atoms with Gasteiger partial charge in [-0.2, -0.15) is 4.98 Å². The summed E-state index contributed by atoms with van der Waals surface area (Å²) in [6.45, 7) is -0.0462. The number of nitrogens with one attached hydrogen (secondary N) is 1. The summed E-state index contributed by atoms with van der Waals surface area (Å²) in [5.74, 6) is 0.818. The third kappa shape index (κ3) is 5.40. The number of ether oxygens (including phenoxy) is 1. The maximum Gasteiger partial charge on any atom is 0.531 e. The van der Waals surface area contributed by atoms with Gasteiger partial charge in [0.15, 0.2) is 0 Å². The summed E-state index contributed by atoms with van der Waals surface area (Å²) in [5.41, 5.74) is -1.09. The van der Waals surface area contributed by atoms with Crippen LogP contribution in [0.25, 0.3) is 0 Å². The van der Waals surface area contributed by atoms with E-state index in [1.54, 1.807) is 72.9 Å². The van der Waals surface area contributed by atoms with Gasteiger partial charge in [0.05, 0.1) is 6.54 Å². The smallest absolute Gasteiger partial charge is 0.448 e. The van der Waals surface area contributed by atoms with Gasteiger partial charge < -0.3 is 15.2 Å². The van der Waals surface area contributed by atoms with Crippen molar-refractivity contribution in [2.75, 3.05) is 5.32 Å². The molecule has 2 aromatic heterocycles. The van der Waals surface area contributed by atoms with Gasteiger partial charge >= 0.3 is 17.5 Å². The molecule has 0 saturated carbocycles. The van der Waals surface area contributed by atoms with Crippen LogP contribution in [0, 0.1) is 0 Å². The molecule has 12 heteroatoms. The molecule has 0 bridgehead atoms. The van der Waals surface area contributed by atoms with Crippen molar-refractivity contribution in [3.8, 4) is 11.6 Å². The van der Waals surface area contributed by atoms with Crippen LogP contribution < -0.4 is 26.3 Å². The summed E-state index contributed by atoms with van der Waals surface area (Å²) < 4.78 is 6.76. The normalized spacial score (nSPS) is 10.5. The van der Waals surface area contributed by atoms with E-state index in [1.807, 2.05) is 0 Å². The summed E-state index contributed by atoms with van der Waals surface area (Å²) in [4.78, 5) is 48.2. The van der Waals surface area contributed by atoms with Crippen LogP contribution in [0.1, 0.15) is 5.56 Å². The minimum atomic E-state index is -1.83. The van der Waals surface area contributed by atoms with E-state index < -0.39 is 17.5 Å². The molecule has 0 saturated heterocycles. The Labute approximate surface area is 196 Å². The van der Waals surface area contributed by atoms with Gasteiger partial charge in [0.2, 0.25) is 11.8 Å². The van der Waals surface area contributed by atoms with E-state index >= 15 is 0 Å². The molecule has 11 nitrogen and oxygen atoms in total. The number of carboxylic acid groups (broad SMARTS) is 1. The standard InChI is InChI=1S/C22H16ClN5O6/c23-15-6-4-14(5-7-15)13-27-19(26-20(29)28(21(27)30)34-22(31)32)25-16-8-10-17(11-9-16)33-18-3-1-2-12-24-18/h1-12H,13H2,(H,31,32)(H,25,26,29). The van der Waals surface area contributed by atoms with Crippen LogP contribution in [0.2, 0.25) is 5.02 Å². The number of hydrogen-bond donors (Lipinski definition) is 2. The van der Waals surface area contributed by atoms with Crippen LogP contribution in [0.15, 0.2) is 82.5 Å². The molecule has 172 valence electrons. The van der Waals surface area contributed by atoms with Crippen LogP contribution in [0.3, 0.4) is 0 Å². The maximum absolute atomic E-state index is 12.9.